The fourth-order valence-corrected chi connectivity index (χ4v) is 2.29. The Bertz CT molecular complexity index is 825. The molecule has 0 aliphatic rings. The van der Waals surface area contributed by atoms with E-state index < -0.39 is 18.5 Å². The maximum Gasteiger partial charge on any atom is 0.344 e. The molecule has 0 saturated heterocycles. The van der Waals surface area contributed by atoms with Gasteiger partial charge >= 0.3 is 5.97 Å². The molecule has 134 valence electrons. The van der Waals surface area contributed by atoms with Crippen molar-refractivity contribution in [3.8, 4) is 11.8 Å². The zero-order chi connectivity index (χ0) is 18.9. The molecule has 2 rings (SSSR count). The summed E-state index contributed by atoms with van der Waals surface area (Å²) < 4.78 is 10.4. The van der Waals surface area contributed by atoms with E-state index in [-0.39, 0.29) is 12.5 Å². The Kier molecular flexibility index (Phi) is 6.75. The number of hydrogen-bond acceptors (Lipinski definition) is 5. The number of ether oxygens (including phenoxy) is 2. The minimum atomic E-state index is -0.646. The Labute approximate surface area is 152 Å². The average molecular weight is 352 g/mol. The molecule has 1 N–H and O–H groups in total. The van der Waals surface area contributed by atoms with Crippen molar-refractivity contribution >= 4 is 17.6 Å². The van der Waals surface area contributed by atoms with Crippen molar-refractivity contribution in [3.63, 3.8) is 0 Å². The Morgan fingerprint density at radius 1 is 1.08 bits per heavy atom. The Morgan fingerprint density at radius 2 is 1.77 bits per heavy atom. The summed E-state index contributed by atoms with van der Waals surface area (Å²) in [4.78, 5) is 23.7. The van der Waals surface area contributed by atoms with Crippen LogP contribution in [0.25, 0.3) is 0 Å². The Balaban J connectivity index is 1.82. The number of nitrogens with zero attached hydrogens (tertiary/aromatic N) is 1. The summed E-state index contributed by atoms with van der Waals surface area (Å²) >= 11 is 0. The van der Waals surface area contributed by atoms with Crippen molar-refractivity contribution in [2.75, 3.05) is 18.5 Å². The number of amides is 1. The standard InChI is InChI=1S/C20H20N2O4/c1-14(2)16-8-4-6-10-18(16)25-13-20(24)26-12-19(23)22-17-9-5-3-7-15(17)11-21/h3-10,14H,12-13H2,1-2H3,(H,22,23). The predicted molar refractivity (Wildman–Crippen MR) is 96.8 cm³/mol. The molecule has 2 aromatic rings. The summed E-state index contributed by atoms with van der Waals surface area (Å²) in [7, 11) is 0. The minimum Gasteiger partial charge on any atom is -0.482 e. The molecule has 1 amide bonds. The number of anilines is 1. The Hall–Kier alpha value is -3.33. The number of carbonyl (C=O) groups is 2. The number of benzene rings is 2. The highest BCUT2D eigenvalue weighted by atomic mass is 16.6. The lowest BCUT2D eigenvalue weighted by Crippen LogP contribution is -2.24. The molecular weight excluding hydrogens is 332 g/mol. The number of nitriles is 1. The molecule has 0 aliphatic carbocycles. The zero-order valence-corrected chi connectivity index (χ0v) is 14.7. The molecule has 0 aliphatic heterocycles. The molecule has 0 heterocycles. The molecule has 0 aromatic heterocycles. The lowest BCUT2D eigenvalue weighted by Gasteiger charge is -2.13. The number of esters is 1. The van der Waals surface area contributed by atoms with Crippen LogP contribution in [0.5, 0.6) is 5.75 Å². The first-order chi connectivity index (χ1) is 12.5. The second kappa shape index (κ2) is 9.23. The third-order valence-electron chi connectivity index (χ3n) is 3.57. The fraction of sp³-hybridized carbons (Fsp3) is 0.250. The molecule has 0 saturated carbocycles. The fourth-order valence-electron chi connectivity index (χ4n) is 2.29. The predicted octanol–water partition coefficient (Wildman–Crippen LogP) is 3.24. The van der Waals surface area contributed by atoms with Crippen LogP contribution >= 0.6 is 0 Å². The molecule has 0 bridgehead atoms. The summed E-state index contributed by atoms with van der Waals surface area (Å²) in [6.07, 6.45) is 0. The number of nitrogens with one attached hydrogen (secondary N) is 1. The second-order valence-corrected chi connectivity index (χ2v) is 5.85. The van der Waals surface area contributed by atoms with Gasteiger partial charge in [-0.05, 0) is 29.7 Å². The van der Waals surface area contributed by atoms with Crippen molar-refractivity contribution in [1.82, 2.24) is 0 Å². The van der Waals surface area contributed by atoms with E-state index in [1.165, 1.54) is 0 Å². The zero-order valence-electron chi connectivity index (χ0n) is 14.7. The van der Waals surface area contributed by atoms with E-state index in [0.717, 1.165) is 5.56 Å². The maximum atomic E-state index is 11.9. The van der Waals surface area contributed by atoms with Crippen molar-refractivity contribution in [2.45, 2.75) is 19.8 Å². The van der Waals surface area contributed by atoms with Crippen molar-refractivity contribution in [3.05, 3.63) is 59.7 Å². The van der Waals surface area contributed by atoms with Gasteiger partial charge in [0.1, 0.15) is 11.8 Å². The van der Waals surface area contributed by atoms with Gasteiger partial charge < -0.3 is 14.8 Å². The van der Waals surface area contributed by atoms with Crippen LogP contribution < -0.4 is 10.1 Å². The topological polar surface area (TPSA) is 88.4 Å². The van der Waals surface area contributed by atoms with Crippen LogP contribution in [0.2, 0.25) is 0 Å². The molecule has 0 unspecified atom stereocenters. The van der Waals surface area contributed by atoms with Gasteiger partial charge in [-0.25, -0.2) is 4.79 Å². The molecule has 0 spiro atoms. The van der Waals surface area contributed by atoms with E-state index >= 15 is 0 Å². The highest BCUT2D eigenvalue weighted by Gasteiger charge is 2.12. The van der Waals surface area contributed by atoms with Crippen LogP contribution in [-0.2, 0) is 14.3 Å². The molecule has 2 aromatic carbocycles. The molecule has 6 heteroatoms. The van der Waals surface area contributed by atoms with Crippen LogP contribution in [0.3, 0.4) is 0 Å². The van der Waals surface area contributed by atoms with Gasteiger partial charge in [0.2, 0.25) is 0 Å². The van der Waals surface area contributed by atoms with Gasteiger partial charge in [-0.3, -0.25) is 4.79 Å². The van der Waals surface area contributed by atoms with E-state index in [1.807, 2.05) is 38.1 Å². The largest absolute Gasteiger partial charge is 0.482 e. The summed E-state index contributed by atoms with van der Waals surface area (Å²) in [5, 5.41) is 11.5. The van der Waals surface area contributed by atoms with E-state index in [4.69, 9.17) is 14.7 Å². The molecule has 26 heavy (non-hydrogen) atoms. The summed E-state index contributed by atoms with van der Waals surface area (Å²) in [6.45, 7) is 3.33. The van der Waals surface area contributed by atoms with Gasteiger partial charge in [-0.15, -0.1) is 0 Å². The van der Waals surface area contributed by atoms with Gasteiger partial charge in [0.05, 0.1) is 11.3 Å². The van der Waals surface area contributed by atoms with Crippen molar-refractivity contribution in [2.24, 2.45) is 0 Å². The molecule has 0 fully saturated rings. The molecule has 0 radical (unpaired) electrons. The summed E-state index contributed by atoms with van der Waals surface area (Å²) in [5.41, 5.74) is 1.70. The minimum absolute atomic E-state index is 0.258. The number of hydrogen-bond donors (Lipinski definition) is 1. The molecule has 0 atom stereocenters. The number of carbonyl (C=O) groups excluding carboxylic acids is 2. The van der Waals surface area contributed by atoms with Crippen LogP contribution in [-0.4, -0.2) is 25.1 Å². The third kappa shape index (κ3) is 5.35. The van der Waals surface area contributed by atoms with Crippen LogP contribution in [0.1, 0.15) is 30.9 Å². The maximum absolute atomic E-state index is 11.9. The van der Waals surface area contributed by atoms with Crippen molar-refractivity contribution < 1.29 is 19.1 Å². The van der Waals surface area contributed by atoms with Gasteiger partial charge in [0.15, 0.2) is 13.2 Å². The third-order valence-corrected chi connectivity index (χ3v) is 3.57. The first-order valence-corrected chi connectivity index (χ1v) is 8.17. The highest BCUT2D eigenvalue weighted by molar-refractivity contribution is 5.94. The summed E-state index contributed by atoms with van der Waals surface area (Å²) in [5.74, 6) is -0.295. The normalized spacial score (nSPS) is 10.1. The monoisotopic (exact) mass is 352 g/mol. The SMILES string of the molecule is CC(C)c1ccccc1OCC(=O)OCC(=O)Nc1ccccc1C#N. The lowest BCUT2D eigenvalue weighted by molar-refractivity contribution is -0.149. The van der Waals surface area contributed by atoms with E-state index in [9.17, 15) is 9.59 Å². The van der Waals surface area contributed by atoms with E-state index in [1.54, 1.807) is 30.3 Å². The van der Waals surface area contributed by atoms with Gasteiger partial charge in [-0.1, -0.05) is 44.2 Å². The second-order valence-electron chi connectivity index (χ2n) is 5.85. The first kappa shape index (κ1) is 19.0. The Morgan fingerprint density at radius 3 is 2.50 bits per heavy atom. The highest BCUT2D eigenvalue weighted by Crippen LogP contribution is 2.25. The van der Waals surface area contributed by atoms with Crippen LogP contribution in [0.4, 0.5) is 5.69 Å². The smallest absolute Gasteiger partial charge is 0.344 e. The molecule has 6 nitrogen and oxygen atoms in total. The molecular formula is C20H20N2O4. The van der Waals surface area contributed by atoms with Gasteiger partial charge in [0, 0.05) is 0 Å². The van der Waals surface area contributed by atoms with Crippen molar-refractivity contribution in [1.29, 1.82) is 5.26 Å². The quantitative estimate of drug-likeness (QED) is 0.773. The van der Waals surface area contributed by atoms with Gasteiger partial charge in [-0.2, -0.15) is 5.26 Å². The van der Waals surface area contributed by atoms with Crippen LogP contribution in [0.15, 0.2) is 48.5 Å². The van der Waals surface area contributed by atoms with Gasteiger partial charge in [0.25, 0.3) is 5.91 Å². The number of rotatable bonds is 7. The van der Waals surface area contributed by atoms with Crippen LogP contribution in [0, 0.1) is 11.3 Å². The number of para-hydroxylation sites is 2. The van der Waals surface area contributed by atoms with E-state index in [2.05, 4.69) is 5.32 Å². The average Bonchev–Trinajstić information content (AvgIpc) is 2.65. The van der Waals surface area contributed by atoms with E-state index in [0.29, 0.717) is 17.0 Å². The summed E-state index contributed by atoms with van der Waals surface area (Å²) in [6, 6.07) is 16.0. The first-order valence-electron chi connectivity index (χ1n) is 8.17. The lowest BCUT2D eigenvalue weighted by atomic mass is 10.0.